The molecule has 0 spiro atoms. The van der Waals surface area contributed by atoms with Crippen LogP contribution >= 0.6 is 0 Å². The minimum atomic E-state index is -0.875. The van der Waals surface area contributed by atoms with Gasteiger partial charge in [-0.05, 0) is 37.3 Å². The molecule has 0 aromatic heterocycles. The van der Waals surface area contributed by atoms with Gasteiger partial charge in [0, 0.05) is 19.6 Å². The SMILES string of the molecule is CCCNC(=O)C1CCCN(C(=O)C(C(C)C)N2C(=O)c3ccccc3C2=O)C1. The Morgan fingerprint density at radius 3 is 2.31 bits per heavy atom. The third-order valence-corrected chi connectivity index (χ3v) is 5.64. The lowest BCUT2D eigenvalue weighted by Crippen LogP contribution is -2.56. The fraction of sp³-hybridized carbons (Fsp3) is 0.545. The van der Waals surface area contributed by atoms with Gasteiger partial charge >= 0.3 is 0 Å². The number of nitrogens with one attached hydrogen (secondary N) is 1. The van der Waals surface area contributed by atoms with Crippen LogP contribution in [-0.2, 0) is 9.59 Å². The number of imide groups is 1. The zero-order chi connectivity index (χ0) is 21.1. The molecular weight excluding hydrogens is 370 g/mol. The Balaban J connectivity index is 1.79. The number of nitrogens with zero attached hydrogens (tertiary/aromatic N) is 2. The summed E-state index contributed by atoms with van der Waals surface area (Å²) in [6, 6.07) is 5.78. The quantitative estimate of drug-likeness (QED) is 0.742. The minimum absolute atomic E-state index is 0.0359. The van der Waals surface area contributed by atoms with Crippen LogP contribution in [0.15, 0.2) is 24.3 Å². The molecule has 2 atom stereocenters. The van der Waals surface area contributed by atoms with Crippen LogP contribution in [-0.4, -0.2) is 59.1 Å². The van der Waals surface area contributed by atoms with E-state index in [-0.39, 0.29) is 23.7 Å². The number of benzene rings is 1. The number of piperidine rings is 1. The maximum atomic E-state index is 13.4. The number of amides is 4. The summed E-state index contributed by atoms with van der Waals surface area (Å²) >= 11 is 0. The molecule has 1 N–H and O–H groups in total. The van der Waals surface area contributed by atoms with Gasteiger partial charge in [-0.2, -0.15) is 0 Å². The number of fused-ring (bicyclic) bond motifs is 1. The molecule has 2 unspecified atom stereocenters. The lowest BCUT2D eigenvalue weighted by Gasteiger charge is -2.37. The lowest BCUT2D eigenvalue weighted by atomic mass is 9.94. The van der Waals surface area contributed by atoms with Gasteiger partial charge in [0.2, 0.25) is 11.8 Å². The van der Waals surface area contributed by atoms with Crippen LogP contribution in [0.2, 0.25) is 0 Å². The van der Waals surface area contributed by atoms with E-state index < -0.39 is 17.9 Å². The molecule has 0 aliphatic carbocycles. The molecule has 29 heavy (non-hydrogen) atoms. The minimum Gasteiger partial charge on any atom is -0.356 e. The topological polar surface area (TPSA) is 86.8 Å². The third-order valence-electron chi connectivity index (χ3n) is 5.64. The Labute approximate surface area is 171 Å². The van der Waals surface area contributed by atoms with Gasteiger partial charge in [-0.3, -0.25) is 24.1 Å². The first kappa shape index (κ1) is 21.0. The molecule has 156 valence electrons. The molecule has 1 fully saturated rings. The van der Waals surface area contributed by atoms with Crippen LogP contribution in [0.5, 0.6) is 0 Å². The molecule has 2 heterocycles. The molecule has 2 aliphatic rings. The largest absolute Gasteiger partial charge is 0.356 e. The van der Waals surface area contributed by atoms with Gasteiger partial charge in [0.05, 0.1) is 17.0 Å². The van der Waals surface area contributed by atoms with Crippen molar-refractivity contribution >= 4 is 23.6 Å². The summed E-state index contributed by atoms with van der Waals surface area (Å²) < 4.78 is 0. The third kappa shape index (κ3) is 4.04. The predicted octanol–water partition coefficient (Wildman–Crippen LogP) is 2.07. The molecule has 0 radical (unpaired) electrons. The first-order valence-corrected chi connectivity index (χ1v) is 10.4. The molecular formula is C22H29N3O4. The van der Waals surface area contributed by atoms with Gasteiger partial charge in [-0.1, -0.05) is 32.9 Å². The summed E-state index contributed by atoms with van der Waals surface area (Å²) in [6.07, 6.45) is 2.32. The van der Waals surface area contributed by atoms with Crippen molar-refractivity contribution in [3.05, 3.63) is 35.4 Å². The lowest BCUT2D eigenvalue weighted by molar-refractivity contribution is -0.140. The van der Waals surface area contributed by atoms with Gasteiger partial charge in [0.25, 0.3) is 11.8 Å². The second-order valence-electron chi connectivity index (χ2n) is 8.13. The highest BCUT2D eigenvalue weighted by atomic mass is 16.2. The van der Waals surface area contributed by atoms with Gasteiger partial charge in [0.1, 0.15) is 6.04 Å². The van der Waals surface area contributed by atoms with Crippen LogP contribution in [0.25, 0.3) is 0 Å². The average Bonchev–Trinajstić information content (AvgIpc) is 2.97. The molecule has 7 heteroatoms. The van der Waals surface area contributed by atoms with Crippen molar-refractivity contribution < 1.29 is 19.2 Å². The second-order valence-corrected chi connectivity index (χ2v) is 8.13. The summed E-state index contributed by atoms with van der Waals surface area (Å²) in [5, 5.41) is 2.90. The number of likely N-dealkylation sites (tertiary alicyclic amines) is 1. The van der Waals surface area contributed by atoms with Gasteiger partial charge in [-0.25, -0.2) is 0 Å². The van der Waals surface area contributed by atoms with Crippen molar-refractivity contribution in [1.29, 1.82) is 0 Å². The van der Waals surface area contributed by atoms with E-state index in [1.807, 2.05) is 20.8 Å². The molecule has 1 aromatic carbocycles. The second kappa shape index (κ2) is 8.76. The molecule has 4 amide bonds. The summed E-state index contributed by atoms with van der Waals surface area (Å²) in [7, 11) is 0. The van der Waals surface area contributed by atoms with Gasteiger partial charge in [0.15, 0.2) is 0 Å². The van der Waals surface area contributed by atoms with Crippen molar-refractivity contribution in [3.63, 3.8) is 0 Å². The first-order chi connectivity index (χ1) is 13.9. The van der Waals surface area contributed by atoms with E-state index in [4.69, 9.17) is 0 Å². The number of carbonyl (C=O) groups excluding carboxylic acids is 4. The van der Waals surface area contributed by atoms with Crippen LogP contribution in [0, 0.1) is 11.8 Å². The molecule has 1 saturated heterocycles. The first-order valence-electron chi connectivity index (χ1n) is 10.4. The standard InChI is InChI=1S/C22H29N3O4/c1-4-11-23-19(26)15-8-7-12-24(13-15)22(29)18(14(2)3)25-20(27)16-9-5-6-10-17(16)21(25)28/h5-6,9-10,14-15,18H,4,7-8,11-13H2,1-3H3,(H,23,26). The van der Waals surface area contributed by atoms with E-state index in [9.17, 15) is 19.2 Å². The molecule has 1 aromatic rings. The van der Waals surface area contributed by atoms with Crippen molar-refractivity contribution in [1.82, 2.24) is 15.1 Å². The molecule has 2 aliphatic heterocycles. The fourth-order valence-electron chi connectivity index (χ4n) is 4.13. The van der Waals surface area contributed by atoms with E-state index in [1.54, 1.807) is 29.2 Å². The highest BCUT2D eigenvalue weighted by Crippen LogP contribution is 2.29. The van der Waals surface area contributed by atoms with Crippen molar-refractivity contribution in [2.45, 2.75) is 46.1 Å². The monoisotopic (exact) mass is 399 g/mol. The average molecular weight is 399 g/mol. The van der Waals surface area contributed by atoms with Crippen LogP contribution < -0.4 is 5.32 Å². The van der Waals surface area contributed by atoms with E-state index in [0.717, 1.165) is 24.2 Å². The Bertz CT molecular complexity index is 785. The maximum absolute atomic E-state index is 13.4. The molecule has 0 bridgehead atoms. The number of rotatable bonds is 6. The summed E-state index contributed by atoms with van der Waals surface area (Å²) in [5.74, 6) is -1.64. The smallest absolute Gasteiger partial charge is 0.262 e. The van der Waals surface area contributed by atoms with E-state index in [1.165, 1.54) is 0 Å². The van der Waals surface area contributed by atoms with Gasteiger partial charge in [-0.15, -0.1) is 0 Å². The van der Waals surface area contributed by atoms with Crippen molar-refractivity contribution in [3.8, 4) is 0 Å². The van der Waals surface area contributed by atoms with Gasteiger partial charge < -0.3 is 10.2 Å². The number of carbonyl (C=O) groups is 4. The molecule has 0 saturated carbocycles. The van der Waals surface area contributed by atoms with Crippen LogP contribution in [0.3, 0.4) is 0 Å². The van der Waals surface area contributed by atoms with Crippen LogP contribution in [0.1, 0.15) is 60.7 Å². The highest BCUT2D eigenvalue weighted by Gasteiger charge is 2.45. The number of hydrogen-bond donors (Lipinski definition) is 1. The fourth-order valence-corrected chi connectivity index (χ4v) is 4.13. The maximum Gasteiger partial charge on any atom is 0.262 e. The summed E-state index contributed by atoms with van der Waals surface area (Å²) in [5.41, 5.74) is 0.679. The van der Waals surface area contributed by atoms with Crippen LogP contribution in [0.4, 0.5) is 0 Å². The normalized spacial score (nSPS) is 20.1. The molecule has 7 nitrogen and oxygen atoms in total. The zero-order valence-corrected chi connectivity index (χ0v) is 17.3. The van der Waals surface area contributed by atoms with E-state index in [2.05, 4.69) is 5.32 Å². The summed E-state index contributed by atoms with van der Waals surface area (Å²) in [4.78, 5) is 54.3. The van der Waals surface area contributed by atoms with Crippen molar-refractivity contribution in [2.24, 2.45) is 11.8 Å². The Kier molecular flexibility index (Phi) is 6.35. The van der Waals surface area contributed by atoms with Crippen molar-refractivity contribution in [2.75, 3.05) is 19.6 Å². The zero-order valence-electron chi connectivity index (χ0n) is 17.3. The Morgan fingerprint density at radius 1 is 1.14 bits per heavy atom. The molecule has 3 rings (SSSR count). The Morgan fingerprint density at radius 2 is 1.76 bits per heavy atom. The number of hydrogen-bond acceptors (Lipinski definition) is 4. The van der Waals surface area contributed by atoms with E-state index in [0.29, 0.717) is 30.8 Å². The predicted molar refractivity (Wildman–Crippen MR) is 108 cm³/mol. The van der Waals surface area contributed by atoms with E-state index >= 15 is 0 Å². The highest BCUT2D eigenvalue weighted by molar-refractivity contribution is 6.22. The Hall–Kier alpha value is -2.70. The summed E-state index contributed by atoms with van der Waals surface area (Å²) in [6.45, 7) is 7.13.